The average Bonchev–Trinajstić information content (AvgIpc) is 2.78. The maximum absolute atomic E-state index is 12.7. The van der Waals surface area contributed by atoms with Gasteiger partial charge in [0.15, 0.2) is 0 Å². The van der Waals surface area contributed by atoms with Crippen LogP contribution in [0.4, 0.5) is 0 Å². The Morgan fingerprint density at radius 2 is 1.73 bits per heavy atom. The second-order valence-electron chi connectivity index (χ2n) is 6.50. The lowest BCUT2D eigenvalue weighted by Gasteiger charge is -2.14. The van der Waals surface area contributed by atoms with Gasteiger partial charge < -0.3 is 19.5 Å². The van der Waals surface area contributed by atoms with Gasteiger partial charge in [-0.25, -0.2) is 0 Å². The minimum atomic E-state index is -0.194. The van der Waals surface area contributed by atoms with E-state index in [-0.39, 0.29) is 12.5 Å². The van der Waals surface area contributed by atoms with Crippen LogP contribution in [0.2, 0.25) is 5.02 Å². The molecule has 3 rings (SSSR count). The van der Waals surface area contributed by atoms with Crippen LogP contribution in [0.5, 0.6) is 17.2 Å². The van der Waals surface area contributed by atoms with Gasteiger partial charge >= 0.3 is 0 Å². The Morgan fingerprint density at radius 1 is 0.933 bits per heavy atom. The van der Waals surface area contributed by atoms with Crippen LogP contribution in [-0.2, 0) is 13.2 Å². The first-order chi connectivity index (χ1) is 14.6. The van der Waals surface area contributed by atoms with E-state index >= 15 is 0 Å². The van der Waals surface area contributed by atoms with E-state index in [0.29, 0.717) is 41.0 Å². The standard InChI is InChI=1S/C24H24ClNO4/c1-3-29-23-12-11-17(24(27)26-15-18-7-4-5-10-22(18)25)13-19(23)16-30-21-9-6-8-20(14-21)28-2/h4-14H,3,15-16H2,1-2H3,(H,26,27). The van der Waals surface area contributed by atoms with E-state index in [4.69, 9.17) is 25.8 Å². The number of halogens is 1. The molecule has 0 spiro atoms. The third-order valence-electron chi connectivity index (χ3n) is 4.46. The number of rotatable bonds is 9. The molecule has 0 aliphatic heterocycles. The number of hydrogen-bond donors (Lipinski definition) is 1. The van der Waals surface area contributed by atoms with E-state index in [1.165, 1.54) is 0 Å². The summed E-state index contributed by atoms with van der Waals surface area (Å²) >= 11 is 6.16. The van der Waals surface area contributed by atoms with Crippen molar-refractivity contribution in [1.82, 2.24) is 5.32 Å². The Bertz CT molecular complexity index is 1010. The number of ether oxygens (including phenoxy) is 3. The molecular weight excluding hydrogens is 402 g/mol. The maximum Gasteiger partial charge on any atom is 0.251 e. The van der Waals surface area contributed by atoms with E-state index in [0.717, 1.165) is 11.1 Å². The average molecular weight is 426 g/mol. The van der Waals surface area contributed by atoms with Crippen LogP contribution in [0.3, 0.4) is 0 Å². The van der Waals surface area contributed by atoms with Gasteiger partial charge in [0.05, 0.1) is 13.7 Å². The fourth-order valence-electron chi connectivity index (χ4n) is 2.90. The Balaban J connectivity index is 1.72. The van der Waals surface area contributed by atoms with Crippen LogP contribution >= 0.6 is 11.6 Å². The number of hydrogen-bond acceptors (Lipinski definition) is 4. The van der Waals surface area contributed by atoms with E-state index in [1.807, 2.05) is 43.3 Å². The molecule has 3 aromatic rings. The Kier molecular flexibility index (Phi) is 7.57. The molecule has 0 atom stereocenters. The van der Waals surface area contributed by atoms with Gasteiger partial charge in [-0.15, -0.1) is 0 Å². The summed E-state index contributed by atoms with van der Waals surface area (Å²) in [5, 5.41) is 3.52. The molecule has 0 aliphatic carbocycles. The second kappa shape index (κ2) is 10.6. The molecule has 1 N–H and O–H groups in total. The van der Waals surface area contributed by atoms with Gasteiger partial charge in [0.25, 0.3) is 5.91 Å². The number of benzene rings is 3. The number of carbonyl (C=O) groups is 1. The first kappa shape index (κ1) is 21.5. The minimum Gasteiger partial charge on any atom is -0.497 e. The summed E-state index contributed by atoms with van der Waals surface area (Å²) in [7, 11) is 1.61. The van der Waals surface area contributed by atoms with Crippen LogP contribution < -0.4 is 19.5 Å². The zero-order valence-corrected chi connectivity index (χ0v) is 17.7. The smallest absolute Gasteiger partial charge is 0.251 e. The van der Waals surface area contributed by atoms with Gasteiger partial charge in [0.1, 0.15) is 23.9 Å². The van der Waals surface area contributed by atoms with Crippen LogP contribution in [0.15, 0.2) is 66.7 Å². The molecule has 0 saturated carbocycles. The molecule has 0 radical (unpaired) electrons. The van der Waals surface area contributed by atoms with Gasteiger partial charge in [-0.05, 0) is 48.9 Å². The molecule has 6 heteroatoms. The third kappa shape index (κ3) is 5.67. The molecule has 3 aromatic carbocycles. The largest absolute Gasteiger partial charge is 0.497 e. The number of methoxy groups -OCH3 is 1. The molecule has 5 nitrogen and oxygen atoms in total. The van der Waals surface area contributed by atoms with Crippen molar-refractivity contribution in [3.63, 3.8) is 0 Å². The van der Waals surface area contributed by atoms with Crippen molar-refractivity contribution >= 4 is 17.5 Å². The molecule has 0 fully saturated rings. The highest BCUT2D eigenvalue weighted by Gasteiger charge is 2.12. The second-order valence-corrected chi connectivity index (χ2v) is 6.90. The first-order valence-electron chi connectivity index (χ1n) is 9.65. The highest BCUT2D eigenvalue weighted by atomic mass is 35.5. The quantitative estimate of drug-likeness (QED) is 0.508. The SMILES string of the molecule is CCOc1ccc(C(=O)NCc2ccccc2Cl)cc1COc1cccc(OC)c1. The lowest BCUT2D eigenvalue weighted by atomic mass is 10.1. The van der Waals surface area contributed by atoms with Gasteiger partial charge in [0.2, 0.25) is 0 Å². The van der Waals surface area contributed by atoms with E-state index in [2.05, 4.69) is 5.32 Å². The van der Waals surface area contributed by atoms with Crippen molar-refractivity contribution < 1.29 is 19.0 Å². The number of nitrogens with one attached hydrogen (secondary N) is 1. The zero-order valence-electron chi connectivity index (χ0n) is 17.0. The lowest BCUT2D eigenvalue weighted by Crippen LogP contribution is -2.23. The van der Waals surface area contributed by atoms with E-state index in [1.54, 1.807) is 37.4 Å². The maximum atomic E-state index is 12.7. The predicted molar refractivity (Wildman–Crippen MR) is 118 cm³/mol. The van der Waals surface area contributed by atoms with Crippen molar-refractivity contribution in [1.29, 1.82) is 0 Å². The molecule has 30 heavy (non-hydrogen) atoms. The van der Waals surface area contributed by atoms with Crippen LogP contribution in [0.25, 0.3) is 0 Å². The zero-order chi connectivity index (χ0) is 21.3. The number of amides is 1. The van der Waals surface area contributed by atoms with E-state index < -0.39 is 0 Å². The van der Waals surface area contributed by atoms with Crippen LogP contribution in [-0.4, -0.2) is 19.6 Å². The molecule has 0 saturated heterocycles. The van der Waals surface area contributed by atoms with Crippen molar-refractivity contribution in [2.75, 3.05) is 13.7 Å². The van der Waals surface area contributed by atoms with Crippen molar-refractivity contribution in [3.8, 4) is 17.2 Å². The third-order valence-corrected chi connectivity index (χ3v) is 4.82. The Hall–Kier alpha value is -3.18. The summed E-state index contributed by atoms with van der Waals surface area (Å²) in [6.07, 6.45) is 0. The molecule has 156 valence electrons. The van der Waals surface area contributed by atoms with E-state index in [9.17, 15) is 4.79 Å². The normalized spacial score (nSPS) is 10.4. The van der Waals surface area contributed by atoms with Crippen molar-refractivity contribution in [2.45, 2.75) is 20.1 Å². The Morgan fingerprint density at radius 3 is 2.50 bits per heavy atom. The topological polar surface area (TPSA) is 56.8 Å². The van der Waals surface area contributed by atoms with Crippen LogP contribution in [0.1, 0.15) is 28.4 Å². The first-order valence-corrected chi connectivity index (χ1v) is 10.0. The molecule has 1 amide bonds. The van der Waals surface area contributed by atoms with Gasteiger partial charge in [-0.2, -0.15) is 0 Å². The van der Waals surface area contributed by atoms with Crippen LogP contribution in [0, 0.1) is 0 Å². The lowest BCUT2D eigenvalue weighted by molar-refractivity contribution is 0.0950. The van der Waals surface area contributed by atoms with Crippen molar-refractivity contribution in [2.24, 2.45) is 0 Å². The summed E-state index contributed by atoms with van der Waals surface area (Å²) < 4.78 is 16.8. The van der Waals surface area contributed by atoms with Gasteiger partial charge in [-0.3, -0.25) is 4.79 Å². The molecule has 0 aromatic heterocycles. The Labute approximate surface area is 181 Å². The fraction of sp³-hybridized carbons (Fsp3) is 0.208. The molecule has 0 heterocycles. The summed E-state index contributed by atoms with van der Waals surface area (Å²) in [5.41, 5.74) is 2.17. The fourth-order valence-corrected chi connectivity index (χ4v) is 3.10. The molecule has 0 bridgehead atoms. The van der Waals surface area contributed by atoms with Crippen molar-refractivity contribution in [3.05, 3.63) is 88.4 Å². The molecule has 0 aliphatic rings. The monoisotopic (exact) mass is 425 g/mol. The highest BCUT2D eigenvalue weighted by molar-refractivity contribution is 6.31. The predicted octanol–water partition coefficient (Wildman–Crippen LogP) is 5.26. The molecule has 0 unspecified atom stereocenters. The molecular formula is C24H24ClNO4. The highest BCUT2D eigenvalue weighted by Crippen LogP contribution is 2.25. The summed E-state index contributed by atoms with van der Waals surface area (Å²) in [5.74, 6) is 1.87. The summed E-state index contributed by atoms with van der Waals surface area (Å²) in [6, 6.07) is 20.1. The minimum absolute atomic E-state index is 0.194. The summed E-state index contributed by atoms with van der Waals surface area (Å²) in [4.78, 5) is 12.7. The summed E-state index contributed by atoms with van der Waals surface area (Å²) in [6.45, 7) is 3.04. The van der Waals surface area contributed by atoms with Gasteiger partial charge in [-0.1, -0.05) is 35.9 Å². The number of carbonyl (C=O) groups excluding carboxylic acids is 1. The van der Waals surface area contributed by atoms with Gasteiger partial charge in [0, 0.05) is 28.8 Å².